The molecular weight excluding hydrogens is 297 g/mol. The molecule has 0 radical (unpaired) electrons. The molecule has 24 heavy (non-hydrogen) atoms. The van der Waals surface area contributed by atoms with Crippen molar-refractivity contribution in [3.8, 4) is 6.07 Å². The minimum absolute atomic E-state index is 0.179. The summed E-state index contributed by atoms with van der Waals surface area (Å²) in [5, 5.41) is 8.97. The average Bonchev–Trinajstić information content (AvgIpc) is 2.63. The van der Waals surface area contributed by atoms with Gasteiger partial charge in [0.1, 0.15) is 11.9 Å². The Kier molecular flexibility index (Phi) is 5.72. The number of nitriles is 1. The molecule has 0 bridgehead atoms. The van der Waals surface area contributed by atoms with E-state index in [0.29, 0.717) is 5.92 Å². The molecule has 0 N–H and O–H groups in total. The summed E-state index contributed by atoms with van der Waals surface area (Å²) in [5.41, 5.74) is 3.43. The molecule has 1 aromatic carbocycles. The highest BCUT2D eigenvalue weighted by atomic mass is 19.1. The van der Waals surface area contributed by atoms with E-state index >= 15 is 0 Å². The predicted molar refractivity (Wildman–Crippen MR) is 97.0 cm³/mol. The SMILES string of the molecule is CCCCCC1CCC(C2=Cc3ccc(C#N)c(F)c3CC2)CC1. The molecule has 1 nitrogen and oxygen atoms in total. The molecule has 1 fully saturated rings. The number of nitrogens with zero attached hydrogens (tertiary/aromatic N) is 1. The number of halogens is 1. The average molecular weight is 325 g/mol. The van der Waals surface area contributed by atoms with Gasteiger partial charge in [-0.1, -0.05) is 50.3 Å². The number of rotatable bonds is 5. The van der Waals surface area contributed by atoms with Gasteiger partial charge in [-0.15, -0.1) is 0 Å². The van der Waals surface area contributed by atoms with E-state index in [0.717, 1.165) is 29.9 Å². The molecule has 0 aromatic heterocycles. The van der Waals surface area contributed by atoms with Crippen LogP contribution in [-0.2, 0) is 6.42 Å². The van der Waals surface area contributed by atoms with Crippen LogP contribution < -0.4 is 0 Å². The van der Waals surface area contributed by atoms with Crippen LogP contribution in [0.3, 0.4) is 0 Å². The summed E-state index contributed by atoms with van der Waals surface area (Å²) in [6, 6.07) is 5.50. The summed E-state index contributed by atoms with van der Waals surface area (Å²) in [4.78, 5) is 0. The third-order valence-electron chi connectivity index (χ3n) is 5.99. The second-order valence-electron chi connectivity index (χ2n) is 7.54. The lowest BCUT2D eigenvalue weighted by Crippen LogP contribution is -2.18. The Labute approximate surface area is 145 Å². The molecule has 0 unspecified atom stereocenters. The first kappa shape index (κ1) is 17.2. The summed E-state index contributed by atoms with van der Waals surface area (Å²) >= 11 is 0. The number of benzene rings is 1. The van der Waals surface area contributed by atoms with Crippen molar-refractivity contribution in [1.29, 1.82) is 5.26 Å². The van der Waals surface area contributed by atoms with E-state index in [9.17, 15) is 4.39 Å². The second kappa shape index (κ2) is 7.97. The Hall–Kier alpha value is -1.62. The summed E-state index contributed by atoms with van der Waals surface area (Å²) in [5.74, 6) is 1.32. The van der Waals surface area contributed by atoms with Crippen molar-refractivity contribution in [1.82, 2.24) is 0 Å². The van der Waals surface area contributed by atoms with Gasteiger partial charge in [0.05, 0.1) is 5.56 Å². The van der Waals surface area contributed by atoms with E-state index in [4.69, 9.17) is 5.26 Å². The van der Waals surface area contributed by atoms with Crippen molar-refractivity contribution >= 4 is 6.08 Å². The Bertz CT molecular complexity index is 645. The van der Waals surface area contributed by atoms with Crippen molar-refractivity contribution in [3.63, 3.8) is 0 Å². The van der Waals surface area contributed by atoms with Gasteiger partial charge < -0.3 is 0 Å². The first-order valence-electron chi connectivity index (χ1n) is 9.64. The lowest BCUT2D eigenvalue weighted by Gasteiger charge is -2.32. The molecule has 128 valence electrons. The van der Waals surface area contributed by atoms with E-state index in [-0.39, 0.29) is 11.4 Å². The van der Waals surface area contributed by atoms with Crippen LogP contribution in [-0.4, -0.2) is 0 Å². The maximum Gasteiger partial charge on any atom is 0.144 e. The van der Waals surface area contributed by atoms with Crippen LogP contribution in [0.5, 0.6) is 0 Å². The van der Waals surface area contributed by atoms with Crippen LogP contribution >= 0.6 is 0 Å². The van der Waals surface area contributed by atoms with Crippen LogP contribution in [0, 0.1) is 29.0 Å². The summed E-state index contributed by atoms with van der Waals surface area (Å²) in [7, 11) is 0. The third-order valence-corrected chi connectivity index (χ3v) is 5.99. The van der Waals surface area contributed by atoms with E-state index in [1.807, 2.05) is 12.1 Å². The van der Waals surface area contributed by atoms with Gasteiger partial charge in [-0.2, -0.15) is 5.26 Å². The Morgan fingerprint density at radius 3 is 2.62 bits per heavy atom. The highest BCUT2D eigenvalue weighted by Gasteiger charge is 2.26. The van der Waals surface area contributed by atoms with Gasteiger partial charge in [-0.05, 0) is 67.6 Å². The molecule has 2 heteroatoms. The smallest absolute Gasteiger partial charge is 0.144 e. The zero-order chi connectivity index (χ0) is 16.9. The Morgan fingerprint density at radius 1 is 1.12 bits per heavy atom. The number of fused-ring (bicyclic) bond motifs is 1. The minimum Gasteiger partial charge on any atom is -0.205 e. The summed E-state index contributed by atoms with van der Waals surface area (Å²) in [6.07, 6.45) is 14.7. The standard InChI is InChI=1S/C22H28FN/c1-2-3-4-5-16-6-8-17(9-7-16)18-12-13-21-19(14-18)10-11-20(15-24)22(21)23/h10-11,14,16-17H,2-9,12-13H2,1H3. The van der Waals surface area contributed by atoms with E-state index < -0.39 is 0 Å². The Balaban J connectivity index is 1.63. The Morgan fingerprint density at radius 2 is 1.92 bits per heavy atom. The highest BCUT2D eigenvalue weighted by molar-refractivity contribution is 5.62. The molecule has 0 atom stereocenters. The van der Waals surface area contributed by atoms with Crippen LogP contribution in [0.4, 0.5) is 4.39 Å². The van der Waals surface area contributed by atoms with Gasteiger partial charge >= 0.3 is 0 Å². The number of unbranched alkanes of at least 4 members (excludes halogenated alkanes) is 2. The normalized spacial score (nSPS) is 23.3. The predicted octanol–water partition coefficient (Wildman–Crippen LogP) is 6.41. The monoisotopic (exact) mass is 325 g/mol. The fourth-order valence-corrected chi connectivity index (χ4v) is 4.48. The third kappa shape index (κ3) is 3.72. The van der Waals surface area contributed by atoms with Crippen LogP contribution in [0.25, 0.3) is 6.08 Å². The molecular formula is C22H28FN. The number of allylic oxidation sites excluding steroid dienone is 1. The molecule has 1 aromatic rings. The van der Waals surface area contributed by atoms with Gasteiger partial charge in [0, 0.05) is 0 Å². The van der Waals surface area contributed by atoms with E-state index in [2.05, 4.69) is 13.0 Å². The first-order valence-corrected chi connectivity index (χ1v) is 9.64. The lowest BCUT2D eigenvalue weighted by atomic mass is 9.74. The molecule has 3 rings (SSSR count). The molecule has 0 amide bonds. The number of hydrogen-bond donors (Lipinski definition) is 0. The fourth-order valence-electron chi connectivity index (χ4n) is 4.48. The molecule has 1 saturated carbocycles. The van der Waals surface area contributed by atoms with Crippen LogP contribution in [0.15, 0.2) is 17.7 Å². The topological polar surface area (TPSA) is 23.8 Å². The van der Waals surface area contributed by atoms with Crippen molar-refractivity contribution < 1.29 is 4.39 Å². The molecule has 0 aliphatic heterocycles. The molecule has 0 spiro atoms. The second-order valence-corrected chi connectivity index (χ2v) is 7.54. The van der Waals surface area contributed by atoms with Gasteiger partial charge in [0.2, 0.25) is 0 Å². The lowest BCUT2D eigenvalue weighted by molar-refractivity contribution is 0.279. The van der Waals surface area contributed by atoms with Crippen LogP contribution in [0.1, 0.15) is 81.4 Å². The van der Waals surface area contributed by atoms with Crippen molar-refractivity contribution in [3.05, 3.63) is 40.2 Å². The van der Waals surface area contributed by atoms with Crippen molar-refractivity contribution in [2.45, 2.75) is 71.1 Å². The van der Waals surface area contributed by atoms with Crippen molar-refractivity contribution in [2.24, 2.45) is 11.8 Å². The molecule has 2 aliphatic carbocycles. The van der Waals surface area contributed by atoms with Gasteiger partial charge in [-0.3, -0.25) is 0 Å². The first-order chi connectivity index (χ1) is 11.7. The summed E-state index contributed by atoms with van der Waals surface area (Å²) in [6.45, 7) is 2.27. The van der Waals surface area contributed by atoms with Crippen LogP contribution in [0.2, 0.25) is 0 Å². The maximum absolute atomic E-state index is 14.3. The largest absolute Gasteiger partial charge is 0.205 e. The van der Waals surface area contributed by atoms with Gasteiger partial charge in [0.25, 0.3) is 0 Å². The minimum atomic E-state index is -0.301. The molecule has 0 heterocycles. The molecule has 2 aliphatic rings. The summed E-state index contributed by atoms with van der Waals surface area (Å²) < 4.78 is 14.3. The zero-order valence-electron chi connectivity index (χ0n) is 14.8. The number of hydrogen-bond acceptors (Lipinski definition) is 1. The van der Waals surface area contributed by atoms with Gasteiger partial charge in [0.15, 0.2) is 0 Å². The quantitative estimate of drug-likeness (QED) is 0.573. The zero-order valence-corrected chi connectivity index (χ0v) is 14.8. The van der Waals surface area contributed by atoms with E-state index in [1.165, 1.54) is 56.9 Å². The van der Waals surface area contributed by atoms with Crippen molar-refractivity contribution in [2.75, 3.05) is 0 Å². The maximum atomic E-state index is 14.3. The fraction of sp³-hybridized carbons (Fsp3) is 0.591. The van der Waals surface area contributed by atoms with E-state index in [1.54, 1.807) is 6.07 Å². The highest BCUT2D eigenvalue weighted by Crippen LogP contribution is 2.40. The van der Waals surface area contributed by atoms with Gasteiger partial charge in [-0.25, -0.2) is 4.39 Å². The molecule has 0 saturated heterocycles.